The molecule has 0 N–H and O–H groups in total. The van der Waals surface area contributed by atoms with Crippen LogP contribution < -0.4 is 0 Å². The summed E-state index contributed by atoms with van der Waals surface area (Å²) in [5.74, 6) is -0.329. The molecule has 1 heterocycles. The number of amides is 2. The second-order valence-corrected chi connectivity index (χ2v) is 13.7. The highest BCUT2D eigenvalue weighted by Crippen LogP contribution is 2.48. The molecule has 2 amide bonds. The van der Waals surface area contributed by atoms with Gasteiger partial charge in [-0.05, 0) is 35.2 Å². The summed E-state index contributed by atoms with van der Waals surface area (Å²) in [4.78, 5) is 26.8. The highest BCUT2D eigenvalue weighted by molar-refractivity contribution is 6.77. The van der Waals surface area contributed by atoms with Crippen molar-refractivity contribution < 1.29 is 14.0 Å². The van der Waals surface area contributed by atoms with E-state index in [4.69, 9.17) is 4.43 Å². The molecule has 25 heavy (non-hydrogen) atoms. The molecule has 1 aromatic carbocycles. The zero-order valence-corrected chi connectivity index (χ0v) is 17.1. The maximum absolute atomic E-state index is 12.7. The SMILES string of the molecule is CC(C)[Si](O[C@@H]1C[C@H]1N1C(=O)c2ccccc2C1=O)(C(C)C)C(C)C. The van der Waals surface area contributed by atoms with Gasteiger partial charge < -0.3 is 4.43 Å². The number of carbonyl (C=O) groups excluding carboxylic acids is 2. The topological polar surface area (TPSA) is 46.6 Å². The Morgan fingerprint density at radius 3 is 1.76 bits per heavy atom. The highest BCUT2D eigenvalue weighted by atomic mass is 28.4. The van der Waals surface area contributed by atoms with Crippen LogP contribution in [0.1, 0.15) is 68.7 Å². The summed E-state index contributed by atoms with van der Waals surface area (Å²) in [5.41, 5.74) is 2.54. The Bertz CT molecular complexity index is 641. The van der Waals surface area contributed by atoms with Crippen molar-refractivity contribution >= 4 is 20.1 Å². The molecule has 136 valence electrons. The largest absolute Gasteiger partial charge is 0.411 e. The third kappa shape index (κ3) is 2.77. The lowest BCUT2D eigenvalue weighted by Crippen LogP contribution is -2.49. The molecule has 0 radical (unpaired) electrons. The van der Waals surface area contributed by atoms with Crippen LogP contribution in [0.4, 0.5) is 0 Å². The Morgan fingerprint density at radius 2 is 1.36 bits per heavy atom. The van der Waals surface area contributed by atoms with Gasteiger partial charge in [-0.2, -0.15) is 0 Å². The molecule has 5 heteroatoms. The molecular formula is C20H29NO3Si. The van der Waals surface area contributed by atoms with E-state index in [0.29, 0.717) is 27.8 Å². The van der Waals surface area contributed by atoms with E-state index in [1.807, 2.05) is 12.1 Å². The van der Waals surface area contributed by atoms with E-state index in [2.05, 4.69) is 41.5 Å². The maximum Gasteiger partial charge on any atom is 0.261 e. The number of hydrogen-bond donors (Lipinski definition) is 0. The van der Waals surface area contributed by atoms with Gasteiger partial charge in [0.2, 0.25) is 8.32 Å². The van der Waals surface area contributed by atoms with E-state index >= 15 is 0 Å². The maximum atomic E-state index is 12.7. The van der Waals surface area contributed by atoms with Gasteiger partial charge in [0.05, 0.1) is 23.3 Å². The molecule has 1 fully saturated rings. The predicted octanol–water partition coefficient (Wildman–Crippen LogP) is 4.62. The molecule has 0 saturated heterocycles. The van der Waals surface area contributed by atoms with E-state index in [1.165, 1.54) is 4.90 Å². The van der Waals surface area contributed by atoms with Crippen LogP contribution in [0.3, 0.4) is 0 Å². The summed E-state index contributed by atoms with van der Waals surface area (Å²) < 4.78 is 6.75. The second-order valence-electron chi connectivity index (χ2n) is 8.30. The molecule has 4 nitrogen and oxygen atoms in total. The first-order chi connectivity index (χ1) is 11.7. The lowest BCUT2D eigenvalue weighted by Gasteiger charge is -2.42. The summed E-state index contributed by atoms with van der Waals surface area (Å²) in [7, 11) is -1.99. The molecule has 0 aromatic heterocycles. The minimum absolute atomic E-state index is 0.000999. The summed E-state index contributed by atoms with van der Waals surface area (Å²) in [5, 5.41) is 0. The van der Waals surface area contributed by atoms with Crippen LogP contribution in [-0.2, 0) is 4.43 Å². The molecule has 1 saturated carbocycles. The molecule has 0 spiro atoms. The van der Waals surface area contributed by atoms with Crippen LogP contribution in [-0.4, -0.2) is 37.2 Å². The molecular weight excluding hydrogens is 330 g/mol. The first kappa shape index (κ1) is 18.3. The number of benzene rings is 1. The van der Waals surface area contributed by atoms with Crippen LogP contribution in [0.15, 0.2) is 24.3 Å². The van der Waals surface area contributed by atoms with Gasteiger partial charge >= 0.3 is 0 Å². The number of imide groups is 1. The van der Waals surface area contributed by atoms with Crippen molar-refractivity contribution in [1.82, 2.24) is 4.90 Å². The normalized spacial score (nSPS) is 23.2. The van der Waals surface area contributed by atoms with Crippen molar-refractivity contribution in [3.63, 3.8) is 0 Å². The molecule has 2 atom stereocenters. The lowest BCUT2D eigenvalue weighted by atomic mass is 10.1. The average Bonchev–Trinajstić information content (AvgIpc) is 3.24. The molecule has 1 aliphatic heterocycles. The quantitative estimate of drug-likeness (QED) is 0.550. The lowest BCUT2D eigenvalue weighted by molar-refractivity contribution is 0.0615. The van der Waals surface area contributed by atoms with Crippen molar-refractivity contribution in [2.75, 3.05) is 0 Å². The summed E-state index contributed by atoms with van der Waals surface area (Å²) in [6.07, 6.45) is 0.771. The number of nitrogens with zero attached hydrogens (tertiary/aromatic N) is 1. The van der Waals surface area contributed by atoms with Crippen molar-refractivity contribution in [2.45, 2.75) is 76.7 Å². The fraction of sp³-hybridized carbons (Fsp3) is 0.600. The monoisotopic (exact) mass is 359 g/mol. The number of hydrogen-bond acceptors (Lipinski definition) is 3. The Morgan fingerprint density at radius 1 is 0.920 bits per heavy atom. The van der Waals surface area contributed by atoms with Crippen LogP contribution in [0.2, 0.25) is 16.6 Å². The minimum atomic E-state index is -1.99. The smallest absolute Gasteiger partial charge is 0.261 e. The van der Waals surface area contributed by atoms with Crippen LogP contribution in [0.25, 0.3) is 0 Å². The van der Waals surface area contributed by atoms with Crippen LogP contribution >= 0.6 is 0 Å². The molecule has 0 bridgehead atoms. The molecule has 1 aliphatic carbocycles. The van der Waals surface area contributed by atoms with E-state index in [0.717, 1.165) is 6.42 Å². The molecule has 2 aliphatic rings. The first-order valence-electron chi connectivity index (χ1n) is 9.36. The van der Waals surface area contributed by atoms with Crippen LogP contribution in [0.5, 0.6) is 0 Å². The highest BCUT2D eigenvalue weighted by Gasteiger charge is 2.56. The third-order valence-electron chi connectivity index (χ3n) is 5.92. The standard InChI is InChI=1S/C20H29NO3Si/c1-12(2)25(13(3)4,14(5)6)24-18-11-17(18)21-19(22)15-9-7-8-10-16(15)20(21)23/h7-10,12-14,17-18H,11H2,1-6H3/t17-,18-/m1/s1. The van der Waals surface area contributed by atoms with Gasteiger partial charge in [-0.25, -0.2) is 0 Å². The fourth-order valence-electron chi connectivity index (χ4n) is 4.74. The third-order valence-corrected chi connectivity index (χ3v) is 12.0. The van der Waals surface area contributed by atoms with E-state index in [-0.39, 0.29) is 24.0 Å². The average molecular weight is 360 g/mol. The van der Waals surface area contributed by atoms with E-state index in [9.17, 15) is 9.59 Å². The Balaban J connectivity index is 1.79. The zero-order chi connectivity index (χ0) is 18.5. The van der Waals surface area contributed by atoms with Gasteiger partial charge in [-0.15, -0.1) is 0 Å². The van der Waals surface area contributed by atoms with Crippen molar-refractivity contribution in [2.24, 2.45) is 0 Å². The van der Waals surface area contributed by atoms with Gasteiger partial charge in [0.25, 0.3) is 11.8 Å². The Kier molecular flexibility index (Phi) is 4.66. The number of carbonyl (C=O) groups is 2. The van der Waals surface area contributed by atoms with Crippen molar-refractivity contribution in [3.8, 4) is 0 Å². The second kappa shape index (κ2) is 6.36. The first-order valence-corrected chi connectivity index (χ1v) is 11.5. The van der Waals surface area contributed by atoms with Gasteiger partial charge in [0.15, 0.2) is 0 Å². The molecule has 3 rings (SSSR count). The van der Waals surface area contributed by atoms with Crippen molar-refractivity contribution in [1.29, 1.82) is 0 Å². The number of fused-ring (bicyclic) bond motifs is 1. The minimum Gasteiger partial charge on any atom is -0.411 e. The van der Waals surface area contributed by atoms with Crippen molar-refractivity contribution in [3.05, 3.63) is 35.4 Å². The summed E-state index contributed by atoms with van der Waals surface area (Å²) >= 11 is 0. The van der Waals surface area contributed by atoms with Gasteiger partial charge in [0, 0.05) is 0 Å². The van der Waals surface area contributed by atoms with E-state index < -0.39 is 8.32 Å². The predicted molar refractivity (Wildman–Crippen MR) is 101 cm³/mol. The van der Waals surface area contributed by atoms with E-state index in [1.54, 1.807) is 12.1 Å². The zero-order valence-electron chi connectivity index (χ0n) is 16.1. The van der Waals surface area contributed by atoms with Gasteiger partial charge in [0.1, 0.15) is 0 Å². The Hall–Kier alpha value is -1.46. The van der Waals surface area contributed by atoms with Crippen LogP contribution in [0, 0.1) is 0 Å². The summed E-state index contributed by atoms with van der Waals surface area (Å²) in [6, 6.07) is 6.99. The number of rotatable bonds is 6. The van der Waals surface area contributed by atoms with Gasteiger partial charge in [-0.3, -0.25) is 14.5 Å². The van der Waals surface area contributed by atoms with Gasteiger partial charge in [-0.1, -0.05) is 53.7 Å². The fourth-order valence-corrected chi connectivity index (χ4v) is 10.3. The Labute approximate surface area is 151 Å². The molecule has 0 unspecified atom stereocenters. The molecule has 1 aromatic rings. The summed E-state index contributed by atoms with van der Waals surface area (Å²) in [6.45, 7) is 13.5.